The summed E-state index contributed by atoms with van der Waals surface area (Å²) in [6.45, 7) is 1.53. The predicted octanol–water partition coefficient (Wildman–Crippen LogP) is 1.96. The Balaban J connectivity index is 1.68. The van der Waals surface area contributed by atoms with Crippen LogP contribution in [0.15, 0.2) is 42.5 Å². The SMILES string of the molecule is COc1ccc(C2C(=O)NC(N3CCC(N)CC3)NC2c2ccc(C#N)c(F)c2)cc1. The van der Waals surface area contributed by atoms with Gasteiger partial charge in [0, 0.05) is 19.1 Å². The van der Waals surface area contributed by atoms with Crippen molar-refractivity contribution in [2.75, 3.05) is 20.2 Å². The monoisotopic (exact) mass is 423 g/mol. The molecule has 31 heavy (non-hydrogen) atoms. The Hall–Kier alpha value is -2.99. The zero-order chi connectivity index (χ0) is 22.0. The van der Waals surface area contributed by atoms with Crippen LogP contribution in [-0.4, -0.2) is 43.3 Å². The third-order valence-electron chi connectivity index (χ3n) is 6.12. The van der Waals surface area contributed by atoms with E-state index < -0.39 is 17.8 Å². The van der Waals surface area contributed by atoms with Crippen molar-refractivity contribution < 1.29 is 13.9 Å². The van der Waals surface area contributed by atoms with Gasteiger partial charge in [-0.1, -0.05) is 18.2 Å². The van der Waals surface area contributed by atoms with E-state index >= 15 is 0 Å². The molecule has 2 saturated heterocycles. The Kier molecular flexibility index (Phi) is 6.18. The molecule has 1 amide bonds. The molecular formula is C23H26FN5O2. The highest BCUT2D eigenvalue weighted by atomic mass is 19.1. The molecule has 0 bridgehead atoms. The van der Waals surface area contributed by atoms with Crippen LogP contribution in [-0.2, 0) is 4.79 Å². The van der Waals surface area contributed by atoms with Crippen LogP contribution < -0.4 is 21.1 Å². The number of nitrogens with one attached hydrogen (secondary N) is 2. The van der Waals surface area contributed by atoms with Crippen LogP contribution in [0.2, 0.25) is 0 Å². The molecule has 4 rings (SSSR count). The van der Waals surface area contributed by atoms with Gasteiger partial charge in [0.15, 0.2) is 0 Å². The van der Waals surface area contributed by atoms with E-state index in [2.05, 4.69) is 15.5 Å². The molecule has 0 saturated carbocycles. The molecule has 162 valence electrons. The molecule has 0 aliphatic carbocycles. The van der Waals surface area contributed by atoms with E-state index in [-0.39, 0.29) is 23.8 Å². The first-order chi connectivity index (χ1) is 15.0. The van der Waals surface area contributed by atoms with Gasteiger partial charge in [0.05, 0.1) is 24.6 Å². The van der Waals surface area contributed by atoms with Crippen molar-refractivity contribution in [3.63, 3.8) is 0 Å². The zero-order valence-electron chi connectivity index (χ0n) is 17.3. The topological polar surface area (TPSA) is 103 Å². The van der Waals surface area contributed by atoms with Crippen LogP contribution in [0.4, 0.5) is 4.39 Å². The summed E-state index contributed by atoms with van der Waals surface area (Å²) in [5.41, 5.74) is 7.41. The van der Waals surface area contributed by atoms with Gasteiger partial charge in [0.2, 0.25) is 5.91 Å². The van der Waals surface area contributed by atoms with Gasteiger partial charge in [0.1, 0.15) is 23.9 Å². The third-order valence-corrected chi connectivity index (χ3v) is 6.12. The first kappa shape index (κ1) is 21.2. The standard InChI is InChI=1S/C23H26FN5O2/c1-31-18-6-4-14(5-7-18)20-21(15-2-3-16(13-25)19(24)12-15)27-23(28-22(20)30)29-10-8-17(26)9-11-29/h2-7,12,17,20-21,23,27H,8-11,26H2,1H3,(H,28,30). The van der Waals surface area contributed by atoms with Gasteiger partial charge in [-0.25, -0.2) is 4.39 Å². The summed E-state index contributed by atoms with van der Waals surface area (Å²) in [6.07, 6.45) is 1.33. The molecular weight excluding hydrogens is 397 g/mol. The number of piperidine rings is 1. The fourth-order valence-corrected chi connectivity index (χ4v) is 4.32. The average molecular weight is 423 g/mol. The maximum atomic E-state index is 14.4. The summed E-state index contributed by atoms with van der Waals surface area (Å²) in [5, 5.41) is 15.6. The van der Waals surface area contributed by atoms with E-state index in [0.717, 1.165) is 31.5 Å². The number of ether oxygens (including phenoxy) is 1. The lowest BCUT2D eigenvalue weighted by atomic mass is 9.84. The van der Waals surface area contributed by atoms with Gasteiger partial charge in [0.25, 0.3) is 0 Å². The number of nitrogens with zero attached hydrogens (tertiary/aromatic N) is 2. The second-order valence-electron chi connectivity index (χ2n) is 8.03. The molecule has 2 fully saturated rings. The van der Waals surface area contributed by atoms with E-state index in [0.29, 0.717) is 11.3 Å². The second-order valence-corrected chi connectivity index (χ2v) is 8.03. The van der Waals surface area contributed by atoms with E-state index in [1.807, 2.05) is 18.2 Å². The van der Waals surface area contributed by atoms with Crippen LogP contribution in [0, 0.1) is 17.1 Å². The molecule has 2 aliphatic rings. The minimum atomic E-state index is -0.596. The molecule has 2 aromatic carbocycles. The second kappa shape index (κ2) is 9.02. The highest BCUT2D eigenvalue weighted by Gasteiger charge is 2.40. The largest absolute Gasteiger partial charge is 0.497 e. The summed E-state index contributed by atoms with van der Waals surface area (Å²) in [4.78, 5) is 15.4. The van der Waals surface area contributed by atoms with Crippen LogP contribution in [0.5, 0.6) is 5.75 Å². The summed E-state index contributed by atoms with van der Waals surface area (Å²) < 4.78 is 19.7. The van der Waals surface area contributed by atoms with Gasteiger partial charge >= 0.3 is 0 Å². The lowest BCUT2D eigenvalue weighted by Gasteiger charge is -2.44. The minimum Gasteiger partial charge on any atom is -0.497 e. The van der Waals surface area contributed by atoms with E-state index in [1.165, 1.54) is 12.1 Å². The van der Waals surface area contributed by atoms with Crippen LogP contribution >= 0.6 is 0 Å². The molecule has 4 N–H and O–H groups in total. The van der Waals surface area contributed by atoms with Gasteiger partial charge < -0.3 is 15.8 Å². The number of rotatable bonds is 4. The fraction of sp³-hybridized carbons (Fsp3) is 0.391. The highest BCUT2D eigenvalue weighted by Crippen LogP contribution is 2.36. The van der Waals surface area contributed by atoms with Crippen LogP contribution in [0.3, 0.4) is 0 Å². The number of likely N-dealkylation sites (tertiary alicyclic amines) is 1. The predicted molar refractivity (Wildman–Crippen MR) is 113 cm³/mol. The number of carbonyl (C=O) groups excluding carboxylic acids is 1. The van der Waals surface area contributed by atoms with Crippen molar-refractivity contribution in [1.29, 1.82) is 5.26 Å². The molecule has 2 heterocycles. The quantitative estimate of drug-likeness (QED) is 0.695. The van der Waals surface area contributed by atoms with Crippen molar-refractivity contribution in [3.05, 3.63) is 65.0 Å². The number of hydrogen-bond acceptors (Lipinski definition) is 6. The van der Waals surface area contributed by atoms with Gasteiger partial charge in [-0.05, 0) is 48.2 Å². The molecule has 8 heteroatoms. The zero-order valence-corrected chi connectivity index (χ0v) is 17.3. The molecule has 0 radical (unpaired) electrons. The van der Waals surface area contributed by atoms with Crippen LogP contribution in [0.1, 0.15) is 41.5 Å². The smallest absolute Gasteiger partial charge is 0.231 e. The van der Waals surface area contributed by atoms with Gasteiger partial charge in [-0.3, -0.25) is 15.0 Å². The number of nitrogens with two attached hydrogens (primary N) is 1. The number of hydrogen-bond donors (Lipinski definition) is 3. The maximum Gasteiger partial charge on any atom is 0.231 e. The van der Waals surface area contributed by atoms with E-state index in [4.69, 9.17) is 15.7 Å². The van der Waals surface area contributed by atoms with Crippen molar-refractivity contribution in [1.82, 2.24) is 15.5 Å². The van der Waals surface area contributed by atoms with Crippen molar-refractivity contribution in [2.24, 2.45) is 5.73 Å². The maximum absolute atomic E-state index is 14.4. The number of methoxy groups -OCH3 is 1. The summed E-state index contributed by atoms with van der Waals surface area (Å²) >= 11 is 0. The molecule has 3 unspecified atom stereocenters. The Bertz CT molecular complexity index is 982. The average Bonchev–Trinajstić information content (AvgIpc) is 2.79. The van der Waals surface area contributed by atoms with Gasteiger partial charge in [-0.2, -0.15) is 5.26 Å². The van der Waals surface area contributed by atoms with Crippen LogP contribution in [0.25, 0.3) is 0 Å². The number of amides is 1. The fourth-order valence-electron chi connectivity index (χ4n) is 4.32. The number of benzene rings is 2. The molecule has 2 aromatic rings. The number of carbonyl (C=O) groups is 1. The molecule has 3 atom stereocenters. The first-order valence-corrected chi connectivity index (χ1v) is 10.4. The molecule has 2 aliphatic heterocycles. The highest BCUT2D eigenvalue weighted by molar-refractivity contribution is 5.86. The Morgan fingerprint density at radius 3 is 2.45 bits per heavy atom. The Labute approximate surface area is 181 Å². The minimum absolute atomic E-state index is 0.0217. The summed E-state index contributed by atoms with van der Waals surface area (Å²) in [5.74, 6) is -0.613. The van der Waals surface area contributed by atoms with E-state index in [1.54, 1.807) is 25.3 Å². The third kappa shape index (κ3) is 4.39. The molecule has 0 aromatic heterocycles. The molecule has 7 nitrogen and oxygen atoms in total. The van der Waals surface area contributed by atoms with Crippen molar-refractivity contribution in [3.8, 4) is 11.8 Å². The lowest BCUT2D eigenvalue weighted by molar-refractivity contribution is -0.129. The first-order valence-electron chi connectivity index (χ1n) is 10.4. The Morgan fingerprint density at radius 2 is 1.84 bits per heavy atom. The number of halogens is 1. The lowest BCUT2D eigenvalue weighted by Crippen LogP contribution is -2.65. The van der Waals surface area contributed by atoms with Crippen molar-refractivity contribution in [2.45, 2.75) is 37.1 Å². The van der Waals surface area contributed by atoms with Crippen molar-refractivity contribution >= 4 is 5.91 Å². The summed E-state index contributed by atoms with van der Waals surface area (Å²) in [6, 6.07) is 13.4. The Morgan fingerprint density at radius 1 is 1.16 bits per heavy atom. The normalized spacial score (nSPS) is 25.0. The number of nitriles is 1. The summed E-state index contributed by atoms with van der Waals surface area (Å²) in [7, 11) is 1.58. The van der Waals surface area contributed by atoms with E-state index in [9.17, 15) is 9.18 Å². The molecule has 0 spiro atoms. The van der Waals surface area contributed by atoms with Gasteiger partial charge in [-0.15, -0.1) is 0 Å².